The highest BCUT2D eigenvalue weighted by molar-refractivity contribution is 5.96. The Balaban J connectivity index is 1.40. The van der Waals surface area contributed by atoms with E-state index in [1.54, 1.807) is 5.57 Å². The molecule has 0 amide bonds. The van der Waals surface area contributed by atoms with Crippen LogP contribution in [0.25, 0.3) is 22.3 Å². The first-order chi connectivity index (χ1) is 19.8. The quantitative estimate of drug-likeness (QED) is 0.239. The third-order valence-corrected chi connectivity index (χ3v) is 9.15. The second kappa shape index (κ2) is 10.4. The van der Waals surface area contributed by atoms with Crippen molar-refractivity contribution in [2.45, 2.75) is 50.9 Å². The van der Waals surface area contributed by atoms with Crippen molar-refractivity contribution < 1.29 is 0 Å². The molecule has 0 aliphatic heterocycles. The van der Waals surface area contributed by atoms with Gasteiger partial charge in [-0.25, -0.2) is 0 Å². The third kappa shape index (κ3) is 3.97. The minimum absolute atomic E-state index is 0.180. The van der Waals surface area contributed by atoms with Gasteiger partial charge in [0.1, 0.15) is 0 Å². The number of aryl methyl sites for hydroxylation is 1. The molecule has 7 rings (SSSR count). The van der Waals surface area contributed by atoms with Crippen LogP contribution in [0.1, 0.15) is 66.8 Å². The standard InChI is InChI=1S/C40H36/c1-2-14-29-15-9-10-22-35(29)32-17-13-16-30(27-32)31-25-26-39-37(28-31)36-23-11-12-24-38(36)40(39,33-18-5-3-6-19-33)34-20-7-4-8-21-34/h3-7,9-13,15-20,22-24,27-28H,2,8,14,21,25-26H2,1H3. The van der Waals surface area contributed by atoms with Gasteiger partial charge in [0.15, 0.2) is 0 Å². The van der Waals surface area contributed by atoms with E-state index in [1.165, 1.54) is 55.7 Å². The molecule has 0 spiro atoms. The number of hydrogen-bond donors (Lipinski definition) is 0. The monoisotopic (exact) mass is 516 g/mol. The molecule has 0 nitrogen and oxygen atoms in total. The van der Waals surface area contributed by atoms with Crippen LogP contribution in [0.5, 0.6) is 0 Å². The molecule has 4 aromatic rings. The Kier molecular flexibility index (Phi) is 6.48. The average molecular weight is 517 g/mol. The van der Waals surface area contributed by atoms with Crippen LogP contribution < -0.4 is 0 Å². The molecule has 0 bridgehead atoms. The van der Waals surface area contributed by atoms with Gasteiger partial charge in [0.2, 0.25) is 0 Å². The van der Waals surface area contributed by atoms with Gasteiger partial charge >= 0.3 is 0 Å². The van der Waals surface area contributed by atoms with Crippen LogP contribution in [-0.2, 0) is 11.8 Å². The van der Waals surface area contributed by atoms with E-state index in [4.69, 9.17) is 0 Å². The normalized spacial score (nSPS) is 19.6. The van der Waals surface area contributed by atoms with Crippen LogP contribution in [0.2, 0.25) is 0 Å². The summed E-state index contributed by atoms with van der Waals surface area (Å²) < 4.78 is 0. The number of hydrogen-bond acceptors (Lipinski definition) is 0. The summed E-state index contributed by atoms with van der Waals surface area (Å²) in [6.45, 7) is 2.26. The van der Waals surface area contributed by atoms with E-state index in [1.807, 2.05) is 0 Å². The second-order valence-electron chi connectivity index (χ2n) is 11.4. The van der Waals surface area contributed by atoms with Gasteiger partial charge in [0.25, 0.3) is 0 Å². The highest BCUT2D eigenvalue weighted by Gasteiger charge is 2.48. The Morgan fingerprint density at radius 1 is 0.700 bits per heavy atom. The maximum Gasteiger partial charge on any atom is 0.0639 e. The highest BCUT2D eigenvalue weighted by Crippen LogP contribution is 2.59. The van der Waals surface area contributed by atoms with Crippen LogP contribution >= 0.6 is 0 Å². The van der Waals surface area contributed by atoms with Gasteiger partial charge < -0.3 is 0 Å². The SMILES string of the molecule is CCCc1ccccc1-c1cccc(C2=CC3=C(CC2)C(C2=CC=CCC2)(c2ccccc2)c2ccccc23)c1. The van der Waals surface area contributed by atoms with Crippen molar-refractivity contribution in [2.24, 2.45) is 0 Å². The lowest BCUT2D eigenvalue weighted by Gasteiger charge is -2.39. The molecule has 0 aromatic heterocycles. The maximum atomic E-state index is 2.53. The molecule has 0 N–H and O–H groups in total. The predicted molar refractivity (Wildman–Crippen MR) is 170 cm³/mol. The smallest absolute Gasteiger partial charge is 0.0639 e. The minimum Gasteiger partial charge on any atom is -0.0842 e. The Bertz CT molecular complexity index is 1690. The van der Waals surface area contributed by atoms with Gasteiger partial charge in [0.05, 0.1) is 5.41 Å². The van der Waals surface area contributed by atoms with Gasteiger partial charge in [-0.1, -0.05) is 140 Å². The molecule has 40 heavy (non-hydrogen) atoms. The van der Waals surface area contributed by atoms with Crippen molar-refractivity contribution in [2.75, 3.05) is 0 Å². The number of benzene rings is 4. The molecule has 3 aliphatic carbocycles. The molecule has 0 heteroatoms. The van der Waals surface area contributed by atoms with E-state index in [9.17, 15) is 0 Å². The van der Waals surface area contributed by atoms with E-state index >= 15 is 0 Å². The first kappa shape index (κ1) is 24.9. The van der Waals surface area contributed by atoms with Crippen LogP contribution in [0.4, 0.5) is 0 Å². The van der Waals surface area contributed by atoms with Crippen molar-refractivity contribution in [3.05, 3.63) is 166 Å². The largest absolute Gasteiger partial charge is 0.0842 e. The Labute approximate surface area is 239 Å². The fraction of sp³-hybridized carbons (Fsp3) is 0.200. The van der Waals surface area contributed by atoms with Gasteiger partial charge in [0, 0.05) is 0 Å². The zero-order valence-corrected chi connectivity index (χ0v) is 23.4. The number of allylic oxidation sites excluding steroid dienone is 8. The average Bonchev–Trinajstić information content (AvgIpc) is 3.33. The van der Waals surface area contributed by atoms with E-state index < -0.39 is 0 Å². The molecule has 4 aromatic carbocycles. The van der Waals surface area contributed by atoms with E-state index in [-0.39, 0.29) is 5.41 Å². The summed E-state index contributed by atoms with van der Waals surface area (Å²) in [6.07, 6.45) is 16.1. The summed E-state index contributed by atoms with van der Waals surface area (Å²) in [5.74, 6) is 0. The molecule has 0 fully saturated rings. The van der Waals surface area contributed by atoms with Crippen molar-refractivity contribution in [3.63, 3.8) is 0 Å². The third-order valence-electron chi connectivity index (χ3n) is 9.15. The topological polar surface area (TPSA) is 0 Å². The van der Waals surface area contributed by atoms with E-state index in [2.05, 4.69) is 134 Å². The fourth-order valence-electron chi connectivity index (χ4n) is 7.45. The number of rotatable bonds is 6. The lowest BCUT2D eigenvalue weighted by molar-refractivity contribution is 0.646. The van der Waals surface area contributed by atoms with Crippen molar-refractivity contribution in [1.29, 1.82) is 0 Å². The zero-order valence-electron chi connectivity index (χ0n) is 23.4. The van der Waals surface area contributed by atoms with Crippen LogP contribution in [0.15, 0.2) is 139 Å². The lowest BCUT2D eigenvalue weighted by atomic mass is 9.63. The lowest BCUT2D eigenvalue weighted by Crippen LogP contribution is -2.32. The Morgan fingerprint density at radius 2 is 1.48 bits per heavy atom. The molecule has 0 radical (unpaired) electrons. The first-order valence-electron chi connectivity index (χ1n) is 14.9. The van der Waals surface area contributed by atoms with Crippen molar-refractivity contribution >= 4 is 11.1 Å². The molecule has 0 saturated carbocycles. The number of fused-ring (bicyclic) bond motifs is 2. The molecule has 1 atom stereocenters. The zero-order chi connectivity index (χ0) is 26.9. The summed E-state index contributed by atoms with van der Waals surface area (Å²) in [5.41, 5.74) is 15.6. The van der Waals surface area contributed by atoms with Crippen LogP contribution in [0, 0.1) is 0 Å². The maximum absolute atomic E-state index is 2.53. The molecular weight excluding hydrogens is 480 g/mol. The summed E-state index contributed by atoms with van der Waals surface area (Å²) >= 11 is 0. The van der Waals surface area contributed by atoms with Crippen molar-refractivity contribution in [1.82, 2.24) is 0 Å². The predicted octanol–water partition coefficient (Wildman–Crippen LogP) is 10.5. The fourth-order valence-corrected chi connectivity index (χ4v) is 7.45. The summed E-state index contributed by atoms with van der Waals surface area (Å²) in [6, 6.07) is 38.6. The molecule has 196 valence electrons. The minimum atomic E-state index is -0.180. The van der Waals surface area contributed by atoms with Gasteiger partial charge in [-0.05, 0) is 93.8 Å². The summed E-state index contributed by atoms with van der Waals surface area (Å²) in [5, 5.41) is 0. The molecule has 0 heterocycles. The van der Waals surface area contributed by atoms with Crippen molar-refractivity contribution in [3.8, 4) is 11.1 Å². The highest BCUT2D eigenvalue weighted by atomic mass is 14.5. The molecule has 0 saturated heterocycles. The molecule has 1 unspecified atom stereocenters. The molecule has 3 aliphatic rings. The second-order valence-corrected chi connectivity index (χ2v) is 11.4. The van der Waals surface area contributed by atoms with E-state index in [0.717, 1.165) is 38.5 Å². The Morgan fingerprint density at radius 3 is 2.30 bits per heavy atom. The van der Waals surface area contributed by atoms with E-state index in [0.29, 0.717) is 0 Å². The van der Waals surface area contributed by atoms with Gasteiger partial charge in [-0.2, -0.15) is 0 Å². The Hall–Kier alpha value is -4.16. The first-order valence-corrected chi connectivity index (χ1v) is 14.9. The summed E-state index contributed by atoms with van der Waals surface area (Å²) in [7, 11) is 0. The summed E-state index contributed by atoms with van der Waals surface area (Å²) in [4.78, 5) is 0. The van der Waals surface area contributed by atoms with Crippen LogP contribution in [-0.4, -0.2) is 0 Å². The molecular formula is C40H36. The van der Waals surface area contributed by atoms with Crippen LogP contribution in [0.3, 0.4) is 0 Å². The van der Waals surface area contributed by atoms with Gasteiger partial charge in [-0.15, -0.1) is 0 Å². The van der Waals surface area contributed by atoms with Gasteiger partial charge in [-0.3, -0.25) is 0 Å².